The van der Waals surface area contributed by atoms with E-state index in [0.717, 1.165) is 12.8 Å². The largest absolute Gasteiger partial charge is 0.467 e. The van der Waals surface area contributed by atoms with Crippen molar-refractivity contribution in [1.82, 2.24) is 0 Å². The van der Waals surface area contributed by atoms with Gasteiger partial charge in [-0.25, -0.2) is 0 Å². The molecule has 2 saturated heterocycles. The summed E-state index contributed by atoms with van der Waals surface area (Å²) in [4.78, 5) is 0. The molecule has 2 fully saturated rings. The summed E-state index contributed by atoms with van der Waals surface area (Å²) in [6.45, 7) is 2.76. The fraction of sp³-hybridized carbons (Fsp3) is 0.778. The Bertz CT molecular complexity index is 248. The fourth-order valence-electron chi connectivity index (χ4n) is 2.17. The van der Waals surface area contributed by atoms with Crippen molar-refractivity contribution in [3.8, 4) is 0 Å². The maximum Gasteiger partial charge on any atom is 0.241 e. The van der Waals surface area contributed by atoms with Gasteiger partial charge in [0.25, 0.3) is 0 Å². The molecule has 0 aromatic rings. The van der Waals surface area contributed by atoms with Crippen LogP contribution in [0.3, 0.4) is 0 Å². The summed E-state index contributed by atoms with van der Waals surface area (Å²) in [5.74, 6) is -0.466. The van der Waals surface area contributed by atoms with Gasteiger partial charge in [-0.05, 0) is 19.4 Å². The Morgan fingerprint density at radius 1 is 1.50 bits per heavy atom. The smallest absolute Gasteiger partial charge is 0.241 e. The lowest BCUT2D eigenvalue weighted by atomic mass is 9.94. The van der Waals surface area contributed by atoms with Crippen LogP contribution in [0.4, 0.5) is 0 Å². The maximum atomic E-state index is 5.65. The first-order valence-corrected chi connectivity index (χ1v) is 4.41. The highest BCUT2D eigenvalue weighted by molar-refractivity contribution is 5.16. The average Bonchev–Trinajstić information content (AvgIpc) is 2.71. The van der Waals surface area contributed by atoms with Crippen molar-refractivity contribution < 1.29 is 14.2 Å². The molecular formula is C9H12O3. The summed E-state index contributed by atoms with van der Waals surface area (Å²) in [6, 6.07) is 0. The molecule has 1 spiro atoms. The minimum Gasteiger partial charge on any atom is -0.467 e. The van der Waals surface area contributed by atoms with E-state index < -0.39 is 5.79 Å². The van der Waals surface area contributed by atoms with E-state index in [4.69, 9.17) is 14.2 Å². The summed E-state index contributed by atoms with van der Waals surface area (Å²) in [6.07, 6.45) is 5.96. The van der Waals surface area contributed by atoms with Gasteiger partial charge in [0.1, 0.15) is 6.10 Å². The van der Waals surface area contributed by atoms with Crippen molar-refractivity contribution in [1.29, 1.82) is 0 Å². The second-order valence-electron chi connectivity index (χ2n) is 3.81. The first kappa shape index (κ1) is 6.92. The Labute approximate surface area is 71.3 Å². The molecule has 3 heteroatoms. The van der Waals surface area contributed by atoms with Crippen LogP contribution in [0.5, 0.6) is 0 Å². The van der Waals surface area contributed by atoms with E-state index >= 15 is 0 Å². The van der Waals surface area contributed by atoms with Gasteiger partial charge in [0, 0.05) is 6.42 Å². The molecule has 0 N–H and O–H groups in total. The molecular weight excluding hydrogens is 156 g/mol. The van der Waals surface area contributed by atoms with Crippen LogP contribution in [0.2, 0.25) is 0 Å². The molecule has 3 aliphatic heterocycles. The van der Waals surface area contributed by atoms with E-state index in [-0.39, 0.29) is 11.7 Å². The van der Waals surface area contributed by atoms with E-state index in [1.165, 1.54) is 0 Å². The van der Waals surface area contributed by atoms with Crippen molar-refractivity contribution in [3.05, 3.63) is 12.3 Å². The highest BCUT2D eigenvalue weighted by atomic mass is 16.8. The third-order valence-electron chi connectivity index (χ3n) is 3.16. The van der Waals surface area contributed by atoms with Crippen LogP contribution in [0, 0.1) is 0 Å². The summed E-state index contributed by atoms with van der Waals surface area (Å²) in [5.41, 5.74) is -0.169. The van der Waals surface area contributed by atoms with Crippen LogP contribution >= 0.6 is 0 Å². The molecule has 3 nitrogen and oxygen atoms in total. The van der Waals surface area contributed by atoms with Crippen LogP contribution in [0.15, 0.2) is 12.3 Å². The SMILES string of the molecule is C[C@]12O[C@H]1CO[C@@]21CCC=CO1. The number of ether oxygens (including phenoxy) is 3. The normalized spacial score (nSPS) is 55.2. The maximum absolute atomic E-state index is 5.65. The van der Waals surface area contributed by atoms with Gasteiger partial charge in [0.05, 0.1) is 12.9 Å². The summed E-state index contributed by atoms with van der Waals surface area (Å²) >= 11 is 0. The van der Waals surface area contributed by atoms with E-state index in [0.29, 0.717) is 6.61 Å². The number of hydrogen-bond donors (Lipinski definition) is 0. The first-order valence-electron chi connectivity index (χ1n) is 4.41. The number of rotatable bonds is 0. The molecule has 3 atom stereocenters. The molecule has 0 aromatic heterocycles. The molecule has 3 rings (SSSR count). The lowest BCUT2D eigenvalue weighted by Crippen LogP contribution is -2.45. The highest BCUT2D eigenvalue weighted by Gasteiger charge is 2.73. The zero-order chi connectivity index (χ0) is 8.23. The minimum atomic E-state index is -0.466. The van der Waals surface area contributed by atoms with Gasteiger partial charge >= 0.3 is 0 Å². The zero-order valence-corrected chi connectivity index (χ0v) is 7.08. The highest BCUT2D eigenvalue weighted by Crippen LogP contribution is 2.56. The molecule has 0 bridgehead atoms. The topological polar surface area (TPSA) is 31.0 Å². The molecule has 0 unspecified atom stereocenters. The van der Waals surface area contributed by atoms with Gasteiger partial charge in [0.15, 0.2) is 5.60 Å². The monoisotopic (exact) mass is 168 g/mol. The van der Waals surface area contributed by atoms with Gasteiger partial charge in [-0.3, -0.25) is 0 Å². The molecule has 0 aliphatic carbocycles. The lowest BCUT2D eigenvalue weighted by molar-refractivity contribution is -0.239. The Hall–Kier alpha value is -0.540. The molecule has 0 aromatic carbocycles. The van der Waals surface area contributed by atoms with Crippen molar-refractivity contribution in [2.24, 2.45) is 0 Å². The van der Waals surface area contributed by atoms with Crippen LogP contribution in [0.1, 0.15) is 19.8 Å². The van der Waals surface area contributed by atoms with E-state index in [9.17, 15) is 0 Å². The van der Waals surface area contributed by atoms with Crippen molar-refractivity contribution in [2.75, 3.05) is 6.61 Å². The second kappa shape index (κ2) is 1.86. The molecule has 66 valence electrons. The van der Waals surface area contributed by atoms with Gasteiger partial charge < -0.3 is 14.2 Å². The fourth-order valence-corrected chi connectivity index (χ4v) is 2.17. The zero-order valence-electron chi connectivity index (χ0n) is 7.08. The predicted octanol–water partition coefficient (Wildman–Crippen LogP) is 1.19. The summed E-state index contributed by atoms with van der Waals surface area (Å²) < 4.78 is 16.8. The molecule has 0 saturated carbocycles. The summed E-state index contributed by atoms with van der Waals surface area (Å²) in [7, 11) is 0. The van der Waals surface area contributed by atoms with Gasteiger partial charge in [0.2, 0.25) is 5.79 Å². The van der Waals surface area contributed by atoms with Crippen LogP contribution < -0.4 is 0 Å². The van der Waals surface area contributed by atoms with Crippen LogP contribution in [-0.2, 0) is 14.2 Å². The van der Waals surface area contributed by atoms with E-state index in [1.54, 1.807) is 6.26 Å². The number of epoxide rings is 1. The van der Waals surface area contributed by atoms with E-state index in [2.05, 4.69) is 6.92 Å². The standard InChI is InChI=1S/C9H12O3/c1-8-7(12-8)6-11-9(8)4-2-3-5-10-9/h3,5,7H,2,4,6H2,1H3/t7-,8-,9-/m0/s1. The Morgan fingerprint density at radius 2 is 2.42 bits per heavy atom. The predicted molar refractivity (Wildman–Crippen MR) is 41.4 cm³/mol. The van der Waals surface area contributed by atoms with Gasteiger partial charge in [-0.2, -0.15) is 0 Å². The minimum absolute atomic E-state index is 0.169. The molecule has 3 aliphatic rings. The van der Waals surface area contributed by atoms with Crippen molar-refractivity contribution >= 4 is 0 Å². The van der Waals surface area contributed by atoms with Crippen LogP contribution in [-0.4, -0.2) is 24.1 Å². The molecule has 12 heavy (non-hydrogen) atoms. The average molecular weight is 168 g/mol. The lowest BCUT2D eigenvalue weighted by Gasteiger charge is -2.34. The number of fused-ring (bicyclic) bond motifs is 2. The Kier molecular flexibility index (Phi) is 1.07. The Balaban J connectivity index is 1.94. The quantitative estimate of drug-likeness (QED) is 0.509. The second-order valence-corrected chi connectivity index (χ2v) is 3.81. The van der Waals surface area contributed by atoms with Crippen LogP contribution in [0.25, 0.3) is 0 Å². The third kappa shape index (κ3) is 0.605. The van der Waals surface area contributed by atoms with Gasteiger partial charge in [-0.15, -0.1) is 0 Å². The van der Waals surface area contributed by atoms with E-state index in [1.807, 2.05) is 6.08 Å². The molecule has 0 amide bonds. The molecule has 0 radical (unpaired) electrons. The number of allylic oxidation sites excluding steroid dienone is 1. The Morgan fingerprint density at radius 3 is 2.92 bits per heavy atom. The van der Waals surface area contributed by atoms with Crippen molar-refractivity contribution in [2.45, 2.75) is 37.3 Å². The first-order chi connectivity index (χ1) is 5.77. The van der Waals surface area contributed by atoms with Crippen molar-refractivity contribution in [3.63, 3.8) is 0 Å². The molecule has 3 heterocycles. The number of hydrogen-bond acceptors (Lipinski definition) is 3. The third-order valence-corrected chi connectivity index (χ3v) is 3.16. The van der Waals surface area contributed by atoms with Gasteiger partial charge in [-0.1, -0.05) is 0 Å². The summed E-state index contributed by atoms with van der Waals surface area (Å²) in [5, 5.41) is 0.